The van der Waals surface area contributed by atoms with Crippen molar-refractivity contribution in [2.75, 3.05) is 7.05 Å². The van der Waals surface area contributed by atoms with Crippen molar-refractivity contribution in [3.8, 4) is 12.3 Å². The van der Waals surface area contributed by atoms with Crippen molar-refractivity contribution < 1.29 is 0 Å². The Labute approximate surface area is 89.7 Å². The number of pyridine rings is 1. The van der Waals surface area contributed by atoms with Crippen LogP contribution in [-0.2, 0) is 0 Å². The number of halogens is 1. The quantitative estimate of drug-likeness (QED) is 0.769. The van der Waals surface area contributed by atoms with Gasteiger partial charge in [-0.2, -0.15) is 0 Å². The van der Waals surface area contributed by atoms with E-state index in [1.165, 1.54) is 0 Å². The summed E-state index contributed by atoms with van der Waals surface area (Å²) >= 11 is 6.02. The first-order valence-electron chi connectivity index (χ1n) is 4.50. The van der Waals surface area contributed by atoms with E-state index in [-0.39, 0.29) is 6.04 Å². The van der Waals surface area contributed by atoms with E-state index in [1.54, 1.807) is 6.20 Å². The summed E-state index contributed by atoms with van der Waals surface area (Å²) in [6.07, 6.45) is 8.53. The maximum atomic E-state index is 6.02. The lowest BCUT2D eigenvalue weighted by atomic mass is 10.1. The molecular formula is C11H13ClN2. The zero-order valence-corrected chi connectivity index (χ0v) is 8.88. The molecule has 0 radical (unpaired) electrons. The van der Waals surface area contributed by atoms with Crippen LogP contribution in [0.2, 0.25) is 5.02 Å². The standard InChI is InChI=1S/C11H13ClN2/c1-3-4-7-10(13-2)11-9(12)6-5-8-14-11/h1,5-6,8,10,13H,4,7H2,2H3. The molecule has 1 rings (SSSR count). The summed E-state index contributed by atoms with van der Waals surface area (Å²) < 4.78 is 0. The van der Waals surface area contributed by atoms with Gasteiger partial charge < -0.3 is 5.32 Å². The third kappa shape index (κ3) is 2.73. The maximum absolute atomic E-state index is 6.02. The molecule has 74 valence electrons. The van der Waals surface area contributed by atoms with Gasteiger partial charge in [-0.15, -0.1) is 12.3 Å². The zero-order chi connectivity index (χ0) is 10.4. The second-order valence-electron chi connectivity index (χ2n) is 2.95. The van der Waals surface area contributed by atoms with E-state index in [4.69, 9.17) is 18.0 Å². The van der Waals surface area contributed by atoms with Gasteiger partial charge in [0.25, 0.3) is 0 Å². The van der Waals surface area contributed by atoms with Crippen LogP contribution in [0, 0.1) is 12.3 Å². The Bertz CT molecular complexity index is 330. The van der Waals surface area contributed by atoms with E-state index in [1.807, 2.05) is 19.2 Å². The first-order valence-corrected chi connectivity index (χ1v) is 4.88. The topological polar surface area (TPSA) is 24.9 Å². The van der Waals surface area contributed by atoms with Gasteiger partial charge in [0.05, 0.1) is 16.8 Å². The number of terminal acetylenes is 1. The molecule has 3 heteroatoms. The van der Waals surface area contributed by atoms with Gasteiger partial charge in [-0.25, -0.2) is 0 Å². The largest absolute Gasteiger partial charge is 0.312 e. The lowest BCUT2D eigenvalue weighted by Crippen LogP contribution is -2.17. The molecule has 14 heavy (non-hydrogen) atoms. The monoisotopic (exact) mass is 208 g/mol. The van der Waals surface area contributed by atoms with Crippen LogP contribution in [0.15, 0.2) is 18.3 Å². The van der Waals surface area contributed by atoms with Crippen molar-refractivity contribution in [3.63, 3.8) is 0 Å². The van der Waals surface area contributed by atoms with E-state index >= 15 is 0 Å². The highest BCUT2D eigenvalue weighted by molar-refractivity contribution is 6.31. The number of nitrogens with zero attached hydrogens (tertiary/aromatic N) is 1. The zero-order valence-electron chi connectivity index (χ0n) is 8.13. The molecule has 2 nitrogen and oxygen atoms in total. The first-order chi connectivity index (χ1) is 6.79. The minimum absolute atomic E-state index is 0.139. The molecule has 0 saturated heterocycles. The molecule has 0 fully saturated rings. The summed E-state index contributed by atoms with van der Waals surface area (Å²) in [5.41, 5.74) is 0.868. The molecule has 0 amide bonds. The van der Waals surface area contributed by atoms with Gasteiger partial charge >= 0.3 is 0 Å². The highest BCUT2D eigenvalue weighted by Gasteiger charge is 2.12. The van der Waals surface area contributed by atoms with Crippen molar-refractivity contribution in [1.29, 1.82) is 0 Å². The molecule has 1 aromatic heterocycles. The van der Waals surface area contributed by atoms with Crippen LogP contribution in [0.1, 0.15) is 24.6 Å². The van der Waals surface area contributed by atoms with E-state index in [0.29, 0.717) is 5.02 Å². The molecule has 1 heterocycles. The van der Waals surface area contributed by atoms with Crippen molar-refractivity contribution in [2.24, 2.45) is 0 Å². The summed E-state index contributed by atoms with van der Waals surface area (Å²) in [4.78, 5) is 4.24. The average molecular weight is 209 g/mol. The smallest absolute Gasteiger partial charge is 0.0759 e. The molecular weight excluding hydrogens is 196 g/mol. The Kier molecular flexibility index (Phi) is 4.45. The van der Waals surface area contributed by atoms with Crippen LogP contribution in [0.4, 0.5) is 0 Å². The number of nitrogens with one attached hydrogen (secondary N) is 1. The summed E-state index contributed by atoms with van der Waals surface area (Å²) in [5.74, 6) is 2.61. The normalized spacial score (nSPS) is 12.1. The molecule has 0 aliphatic carbocycles. The van der Waals surface area contributed by atoms with Gasteiger partial charge in [-0.1, -0.05) is 11.6 Å². The lowest BCUT2D eigenvalue weighted by Gasteiger charge is -2.15. The van der Waals surface area contributed by atoms with Gasteiger partial charge in [-0.05, 0) is 25.6 Å². The summed E-state index contributed by atoms with van der Waals surface area (Å²) in [5, 5.41) is 3.84. The minimum Gasteiger partial charge on any atom is -0.312 e. The van der Waals surface area contributed by atoms with E-state index in [9.17, 15) is 0 Å². The highest BCUT2D eigenvalue weighted by Crippen LogP contribution is 2.22. The van der Waals surface area contributed by atoms with Crippen LogP contribution in [-0.4, -0.2) is 12.0 Å². The van der Waals surface area contributed by atoms with Gasteiger partial charge in [0.15, 0.2) is 0 Å². The van der Waals surface area contributed by atoms with E-state index in [0.717, 1.165) is 18.5 Å². The molecule has 0 bridgehead atoms. The molecule has 0 aromatic carbocycles. The van der Waals surface area contributed by atoms with Crippen LogP contribution in [0.5, 0.6) is 0 Å². The molecule has 0 aliphatic heterocycles. The van der Waals surface area contributed by atoms with E-state index in [2.05, 4.69) is 16.2 Å². The van der Waals surface area contributed by atoms with Crippen LogP contribution < -0.4 is 5.32 Å². The van der Waals surface area contributed by atoms with E-state index < -0.39 is 0 Å². The van der Waals surface area contributed by atoms with Crippen molar-refractivity contribution in [2.45, 2.75) is 18.9 Å². The Morgan fingerprint density at radius 2 is 2.50 bits per heavy atom. The Morgan fingerprint density at radius 3 is 3.07 bits per heavy atom. The molecule has 1 aromatic rings. The number of hydrogen-bond acceptors (Lipinski definition) is 2. The number of hydrogen-bond donors (Lipinski definition) is 1. The summed E-state index contributed by atoms with van der Waals surface area (Å²) in [7, 11) is 1.88. The number of rotatable bonds is 4. The van der Waals surface area contributed by atoms with Crippen LogP contribution in [0.3, 0.4) is 0 Å². The lowest BCUT2D eigenvalue weighted by molar-refractivity contribution is 0.544. The second-order valence-corrected chi connectivity index (χ2v) is 3.36. The fourth-order valence-corrected chi connectivity index (χ4v) is 1.55. The van der Waals surface area contributed by atoms with Gasteiger partial charge in [0, 0.05) is 12.6 Å². The fraction of sp³-hybridized carbons (Fsp3) is 0.364. The Hall–Kier alpha value is -1.04. The Balaban J connectivity index is 2.79. The Morgan fingerprint density at radius 1 is 1.71 bits per heavy atom. The number of aromatic nitrogens is 1. The molecule has 0 saturated carbocycles. The average Bonchev–Trinajstić information content (AvgIpc) is 2.21. The van der Waals surface area contributed by atoms with Crippen LogP contribution in [0.25, 0.3) is 0 Å². The predicted molar refractivity (Wildman–Crippen MR) is 59.1 cm³/mol. The minimum atomic E-state index is 0.139. The third-order valence-electron chi connectivity index (χ3n) is 2.04. The maximum Gasteiger partial charge on any atom is 0.0759 e. The summed E-state index contributed by atoms with van der Waals surface area (Å²) in [6.45, 7) is 0. The summed E-state index contributed by atoms with van der Waals surface area (Å²) in [6, 6.07) is 3.80. The molecule has 0 aliphatic rings. The van der Waals surface area contributed by atoms with Gasteiger partial charge in [0.1, 0.15) is 0 Å². The predicted octanol–water partition coefficient (Wildman–Crippen LogP) is 2.41. The molecule has 1 unspecified atom stereocenters. The van der Waals surface area contributed by atoms with Crippen molar-refractivity contribution in [1.82, 2.24) is 10.3 Å². The van der Waals surface area contributed by atoms with Gasteiger partial charge in [-0.3, -0.25) is 4.98 Å². The SMILES string of the molecule is C#CCCC(NC)c1ncccc1Cl. The molecule has 1 atom stereocenters. The third-order valence-corrected chi connectivity index (χ3v) is 2.36. The van der Waals surface area contributed by atoms with Crippen LogP contribution >= 0.6 is 11.6 Å². The molecule has 0 spiro atoms. The first kappa shape index (κ1) is 11.0. The fourth-order valence-electron chi connectivity index (χ4n) is 1.30. The highest BCUT2D eigenvalue weighted by atomic mass is 35.5. The second kappa shape index (κ2) is 5.64. The van der Waals surface area contributed by atoms with Gasteiger partial charge in [0.2, 0.25) is 0 Å². The van der Waals surface area contributed by atoms with Crippen molar-refractivity contribution in [3.05, 3.63) is 29.0 Å². The molecule has 1 N–H and O–H groups in total. The van der Waals surface area contributed by atoms with Crippen molar-refractivity contribution >= 4 is 11.6 Å².